The Labute approximate surface area is 108 Å². The number of benzene rings is 1. The summed E-state index contributed by atoms with van der Waals surface area (Å²) >= 11 is 0. The average molecular weight is 251 g/mol. The third-order valence-electron chi connectivity index (χ3n) is 2.41. The highest BCUT2D eigenvalue weighted by atomic mass is 16.5. The molecule has 1 aromatic carbocycles. The largest absolute Gasteiger partial charge is 0.498 e. The second kappa shape index (κ2) is 7.74. The van der Waals surface area contributed by atoms with Gasteiger partial charge >= 0.3 is 0 Å². The molecule has 0 bridgehead atoms. The van der Waals surface area contributed by atoms with Crippen LogP contribution in [-0.2, 0) is 11.2 Å². The summed E-state index contributed by atoms with van der Waals surface area (Å²) < 4.78 is 10.9. The van der Waals surface area contributed by atoms with E-state index in [0.717, 1.165) is 11.3 Å². The first-order valence-corrected chi connectivity index (χ1v) is 6.06. The van der Waals surface area contributed by atoms with Gasteiger partial charge in [-0.1, -0.05) is 24.8 Å². The summed E-state index contributed by atoms with van der Waals surface area (Å²) in [6.45, 7) is 6.75. The molecule has 0 aliphatic heterocycles. The average Bonchev–Trinajstić information content (AvgIpc) is 2.37. The molecule has 0 fully saturated rings. The van der Waals surface area contributed by atoms with Crippen LogP contribution in [-0.4, -0.2) is 31.0 Å². The maximum Gasteiger partial charge on any atom is 0.123 e. The van der Waals surface area contributed by atoms with Crippen molar-refractivity contribution in [2.45, 2.75) is 19.4 Å². The Hall–Kier alpha value is -1.52. The number of aliphatic hydroxyl groups excluding tert-OH is 1. The van der Waals surface area contributed by atoms with Crippen molar-refractivity contribution in [2.75, 3.05) is 19.8 Å². The summed E-state index contributed by atoms with van der Waals surface area (Å²) in [6, 6.07) is 7.63. The fourth-order valence-corrected chi connectivity index (χ4v) is 1.51. The molecule has 0 aromatic heterocycles. The summed E-state index contributed by atoms with van der Waals surface area (Å²) in [5, 5.41) is 9.38. The van der Waals surface area contributed by atoms with Crippen LogP contribution in [0.15, 0.2) is 36.6 Å². The Morgan fingerprint density at radius 3 is 2.83 bits per heavy atom. The summed E-state index contributed by atoms with van der Waals surface area (Å²) in [4.78, 5) is 0. The molecule has 0 amide bonds. The number of rotatable bonds is 8. The molecule has 0 radical (unpaired) electrons. The van der Waals surface area contributed by atoms with Crippen LogP contribution in [0.4, 0.5) is 0 Å². The fourth-order valence-electron chi connectivity index (χ4n) is 1.51. The number of nitrogens with two attached hydrogens (primary N) is 1. The molecular formula is C14H21NO3. The summed E-state index contributed by atoms with van der Waals surface area (Å²) in [5.41, 5.74) is 6.32. The zero-order valence-electron chi connectivity index (χ0n) is 10.8. The van der Waals surface area contributed by atoms with Gasteiger partial charge in [-0.3, -0.25) is 0 Å². The first-order chi connectivity index (χ1) is 8.67. The predicted molar refractivity (Wildman–Crippen MR) is 71.5 cm³/mol. The van der Waals surface area contributed by atoms with E-state index in [1.807, 2.05) is 31.2 Å². The molecular weight excluding hydrogens is 230 g/mol. The lowest BCUT2D eigenvalue weighted by Crippen LogP contribution is -2.26. The lowest BCUT2D eigenvalue weighted by Gasteiger charge is -2.14. The number of allylic oxidation sites excluding steroid dienone is 1. The van der Waals surface area contributed by atoms with Crippen LogP contribution in [0.25, 0.3) is 0 Å². The van der Waals surface area contributed by atoms with E-state index in [9.17, 15) is 5.11 Å². The predicted octanol–water partition coefficient (Wildman–Crippen LogP) is 1.48. The van der Waals surface area contributed by atoms with E-state index < -0.39 is 6.10 Å². The minimum atomic E-state index is -0.645. The van der Waals surface area contributed by atoms with Crippen LogP contribution < -0.4 is 10.5 Å². The lowest BCUT2D eigenvalue weighted by molar-refractivity contribution is 0.113. The molecule has 1 atom stereocenters. The minimum absolute atomic E-state index is 0.188. The Kier molecular flexibility index (Phi) is 6.25. The van der Waals surface area contributed by atoms with Gasteiger partial charge in [-0.05, 0) is 13.0 Å². The smallest absolute Gasteiger partial charge is 0.123 e. The van der Waals surface area contributed by atoms with Crippen molar-refractivity contribution >= 4 is 0 Å². The number of hydrogen-bond acceptors (Lipinski definition) is 4. The van der Waals surface area contributed by atoms with Crippen molar-refractivity contribution in [1.29, 1.82) is 0 Å². The van der Waals surface area contributed by atoms with Crippen molar-refractivity contribution < 1.29 is 14.6 Å². The van der Waals surface area contributed by atoms with Gasteiger partial charge in [-0.2, -0.15) is 0 Å². The molecule has 4 heteroatoms. The van der Waals surface area contributed by atoms with Gasteiger partial charge in [0.25, 0.3) is 0 Å². The van der Waals surface area contributed by atoms with Crippen LogP contribution in [0, 0.1) is 0 Å². The Balaban J connectivity index is 2.64. The minimum Gasteiger partial charge on any atom is -0.498 e. The van der Waals surface area contributed by atoms with Gasteiger partial charge in [-0.15, -0.1) is 0 Å². The normalized spacial score (nSPS) is 11.9. The third-order valence-corrected chi connectivity index (χ3v) is 2.41. The summed E-state index contributed by atoms with van der Waals surface area (Å²) in [6.07, 6.45) is -0.0453. The van der Waals surface area contributed by atoms with Crippen molar-refractivity contribution in [3.8, 4) is 5.75 Å². The third kappa shape index (κ3) is 4.77. The van der Waals surface area contributed by atoms with Gasteiger partial charge in [0.1, 0.15) is 18.5 Å². The van der Waals surface area contributed by atoms with Crippen molar-refractivity contribution in [1.82, 2.24) is 0 Å². The van der Waals surface area contributed by atoms with Crippen LogP contribution in [0.5, 0.6) is 5.75 Å². The van der Waals surface area contributed by atoms with E-state index >= 15 is 0 Å². The van der Waals surface area contributed by atoms with E-state index in [-0.39, 0.29) is 13.2 Å². The number of para-hydroxylation sites is 1. The zero-order valence-corrected chi connectivity index (χ0v) is 10.8. The number of ether oxygens (including phenoxy) is 2. The van der Waals surface area contributed by atoms with E-state index in [1.54, 1.807) is 0 Å². The number of aliphatic hydroxyl groups is 1. The maximum atomic E-state index is 9.38. The van der Waals surface area contributed by atoms with Crippen LogP contribution in [0.1, 0.15) is 12.5 Å². The Morgan fingerprint density at radius 2 is 2.17 bits per heavy atom. The highest BCUT2D eigenvalue weighted by Crippen LogP contribution is 2.21. The van der Waals surface area contributed by atoms with Crippen LogP contribution in [0.3, 0.4) is 0 Å². The highest BCUT2D eigenvalue weighted by Gasteiger charge is 2.08. The SMILES string of the molecule is C=C(Cc1ccccc1OCC(O)CN)OCC. The van der Waals surface area contributed by atoms with Gasteiger partial charge in [0.05, 0.1) is 12.4 Å². The van der Waals surface area contributed by atoms with E-state index in [4.69, 9.17) is 15.2 Å². The quantitative estimate of drug-likeness (QED) is 0.687. The first-order valence-electron chi connectivity index (χ1n) is 6.06. The molecule has 0 saturated carbocycles. The second-order valence-corrected chi connectivity index (χ2v) is 3.96. The molecule has 1 unspecified atom stereocenters. The standard InChI is InChI=1S/C14H21NO3/c1-3-17-11(2)8-12-6-4-5-7-14(12)18-10-13(16)9-15/h4-7,13,16H,2-3,8-10,15H2,1H3. The molecule has 4 nitrogen and oxygen atoms in total. The monoisotopic (exact) mass is 251 g/mol. The zero-order chi connectivity index (χ0) is 13.4. The van der Waals surface area contributed by atoms with Gasteiger partial charge < -0.3 is 20.3 Å². The van der Waals surface area contributed by atoms with E-state index in [0.29, 0.717) is 18.8 Å². The molecule has 0 aliphatic rings. The lowest BCUT2D eigenvalue weighted by atomic mass is 10.1. The van der Waals surface area contributed by atoms with Crippen molar-refractivity contribution in [2.24, 2.45) is 5.73 Å². The number of hydrogen-bond donors (Lipinski definition) is 2. The fraction of sp³-hybridized carbons (Fsp3) is 0.429. The van der Waals surface area contributed by atoms with Gasteiger partial charge in [0.2, 0.25) is 0 Å². The maximum absolute atomic E-state index is 9.38. The molecule has 3 N–H and O–H groups in total. The Morgan fingerprint density at radius 1 is 1.44 bits per heavy atom. The topological polar surface area (TPSA) is 64.7 Å². The first kappa shape index (κ1) is 14.5. The Bertz CT molecular complexity index is 379. The molecule has 0 heterocycles. The van der Waals surface area contributed by atoms with Crippen LogP contribution >= 0.6 is 0 Å². The van der Waals surface area contributed by atoms with Gasteiger partial charge in [0.15, 0.2) is 0 Å². The van der Waals surface area contributed by atoms with Crippen molar-refractivity contribution in [3.63, 3.8) is 0 Å². The van der Waals surface area contributed by atoms with E-state index in [1.165, 1.54) is 0 Å². The van der Waals surface area contributed by atoms with Gasteiger partial charge in [-0.25, -0.2) is 0 Å². The molecule has 1 aromatic rings. The molecule has 0 aliphatic carbocycles. The summed E-state index contributed by atoms with van der Waals surface area (Å²) in [5.74, 6) is 1.43. The van der Waals surface area contributed by atoms with Crippen molar-refractivity contribution in [3.05, 3.63) is 42.2 Å². The van der Waals surface area contributed by atoms with E-state index in [2.05, 4.69) is 6.58 Å². The van der Waals surface area contributed by atoms with Crippen LogP contribution in [0.2, 0.25) is 0 Å². The molecule has 0 spiro atoms. The summed E-state index contributed by atoms with van der Waals surface area (Å²) in [7, 11) is 0. The highest BCUT2D eigenvalue weighted by molar-refractivity contribution is 5.35. The van der Waals surface area contributed by atoms with Gasteiger partial charge in [0, 0.05) is 18.5 Å². The molecule has 0 saturated heterocycles. The molecule has 18 heavy (non-hydrogen) atoms. The molecule has 1 rings (SSSR count). The second-order valence-electron chi connectivity index (χ2n) is 3.96. The molecule has 100 valence electrons.